The summed E-state index contributed by atoms with van der Waals surface area (Å²) in [5.74, 6) is -0.369. The van der Waals surface area contributed by atoms with E-state index in [0.717, 1.165) is 38.2 Å². The van der Waals surface area contributed by atoms with Crippen LogP contribution in [0.2, 0.25) is 0 Å². The number of sulfone groups is 1. The average molecular weight is 587 g/mol. The maximum atomic E-state index is 13.1. The first-order chi connectivity index (χ1) is 20.2. The molecule has 5 rings (SSSR count). The number of hydrogen-bond acceptors (Lipinski definition) is 8. The number of piperazine rings is 1. The molecule has 0 radical (unpaired) electrons. The van der Waals surface area contributed by atoms with E-state index in [2.05, 4.69) is 26.2 Å². The molecule has 0 unspecified atom stereocenters. The number of rotatable bonds is 7. The zero-order chi connectivity index (χ0) is 29.7. The van der Waals surface area contributed by atoms with Crippen LogP contribution in [0.5, 0.6) is 0 Å². The van der Waals surface area contributed by atoms with Gasteiger partial charge in [0, 0.05) is 70.0 Å². The van der Waals surface area contributed by atoms with Gasteiger partial charge in [0.2, 0.25) is 0 Å². The van der Waals surface area contributed by atoms with E-state index in [-0.39, 0.29) is 28.4 Å². The predicted octanol–water partition coefficient (Wildman–Crippen LogP) is 2.71. The van der Waals surface area contributed by atoms with E-state index >= 15 is 0 Å². The first kappa shape index (κ1) is 29.2. The highest BCUT2D eigenvalue weighted by molar-refractivity contribution is 7.90. The Balaban J connectivity index is 1.07. The Morgan fingerprint density at radius 1 is 0.929 bits per heavy atom. The van der Waals surface area contributed by atoms with Gasteiger partial charge in [0.05, 0.1) is 22.1 Å². The SMILES string of the molecule is CS(=O)(=O)c1ccc(N2CCN(C(=O)c3ccc(C(=O)NC4CCN(Cc5ccc(C#N)cc5)CC4)nc3)CC2)cc1. The van der Waals surface area contributed by atoms with Gasteiger partial charge >= 0.3 is 0 Å². The third kappa shape index (κ3) is 7.13. The van der Waals surface area contributed by atoms with Crippen LogP contribution in [0.25, 0.3) is 0 Å². The van der Waals surface area contributed by atoms with E-state index in [0.29, 0.717) is 37.3 Å². The molecule has 3 heterocycles. The van der Waals surface area contributed by atoms with Crippen LogP contribution in [-0.4, -0.2) is 86.6 Å². The Labute approximate surface area is 246 Å². The van der Waals surface area contributed by atoms with Crippen molar-refractivity contribution >= 4 is 27.3 Å². The van der Waals surface area contributed by atoms with Crippen LogP contribution < -0.4 is 10.2 Å². The summed E-state index contributed by atoms with van der Waals surface area (Å²) in [6.07, 6.45) is 4.33. The first-order valence-electron chi connectivity index (χ1n) is 14.0. The Hall–Kier alpha value is -4.27. The fourth-order valence-electron chi connectivity index (χ4n) is 5.35. The zero-order valence-electron chi connectivity index (χ0n) is 23.6. The van der Waals surface area contributed by atoms with Crippen molar-refractivity contribution in [2.45, 2.75) is 30.3 Å². The maximum absolute atomic E-state index is 13.1. The molecule has 42 heavy (non-hydrogen) atoms. The summed E-state index contributed by atoms with van der Waals surface area (Å²) in [7, 11) is -3.24. The molecule has 3 aromatic rings. The fraction of sp³-hybridized carbons (Fsp3) is 0.355. The van der Waals surface area contributed by atoms with Crippen molar-refractivity contribution in [1.29, 1.82) is 5.26 Å². The highest BCUT2D eigenvalue weighted by Crippen LogP contribution is 2.20. The summed E-state index contributed by atoms with van der Waals surface area (Å²) in [6.45, 7) is 4.86. The van der Waals surface area contributed by atoms with Crippen molar-refractivity contribution in [2.75, 3.05) is 50.4 Å². The Kier molecular flexibility index (Phi) is 8.85. The van der Waals surface area contributed by atoms with E-state index in [9.17, 15) is 18.0 Å². The number of nitrogens with one attached hydrogen (secondary N) is 1. The third-order valence-corrected chi connectivity index (χ3v) is 8.98. The number of pyridine rings is 1. The third-order valence-electron chi connectivity index (χ3n) is 7.85. The lowest BCUT2D eigenvalue weighted by atomic mass is 10.0. The van der Waals surface area contributed by atoms with Crippen LogP contribution in [0, 0.1) is 11.3 Å². The minimum atomic E-state index is -3.24. The maximum Gasteiger partial charge on any atom is 0.270 e. The van der Waals surface area contributed by atoms with Gasteiger partial charge in [0.15, 0.2) is 9.84 Å². The minimum absolute atomic E-state index is 0.0664. The van der Waals surface area contributed by atoms with Crippen LogP contribution in [-0.2, 0) is 16.4 Å². The number of benzene rings is 2. The number of carbonyl (C=O) groups is 2. The molecule has 2 fully saturated rings. The Morgan fingerprint density at radius 3 is 2.17 bits per heavy atom. The highest BCUT2D eigenvalue weighted by Gasteiger charge is 2.25. The second-order valence-corrected chi connectivity index (χ2v) is 12.8. The van der Waals surface area contributed by atoms with Gasteiger partial charge in [-0.3, -0.25) is 19.5 Å². The van der Waals surface area contributed by atoms with Crippen molar-refractivity contribution in [2.24, 2.45) is 0 Å². The van der Waals surface area contributed by atoms with Gasteiger partial charge in [-0.25, -0.2) is 8.42 Å². The standard InChI is InChI=1S/C31H34N6O4S/c1-42(40,41)28-9-7-27(8-10-28)36-16-18-37(19-17-36)31(39)25-6-11-29(33-21-25)30(38)34-26-12-14-35(15-13-26)22-24-4-2-23(20-32)3-5-24/h2-11,21,26H,12-19,22H2,1H3,(H,34,38). The topological polar surface area (TPSA) is 127 Å². The molecule has 1 N–H and O–H groups in total. The van der Waals surface area contributed by atoms with E-state index in [4.69, 9.17) is 5.26 Å². The summed E-state index contributed by atoms with van der Waals surface area (Å²) in [4.78, 5) is 36.7. The molecule has 2 aliphatic rings. The van der Waals surface area contributed by atoms with E-state index in [1.807, 2.05) is 24.3 Å². The Morgan fingerprint density at radius 2 is 1.60 bits per heavy atom. The second kappa shape index (κ2) is 12.7. The van der Waals surface area contributed by atoms with Gasteiger partial charge in [-0.15, -0.1) is 0 Å². The van der Waals surface area contributed by atoms with Gasteiger partial charge in [0.25, 0.3) is 11.8 Å². The monoisotopic (exact) mass is 586 g/mol. The molecule has 0 aliphatic carbocycles. The lowest BCUT2D eigenvalue weighted by molar-refractivity contribution is 0.0745. The molecule has 1 aromatic heterocycles. The van der Waals surface area contributed by atoms with Gasteiger partial charge in [-0.05, 0) is 66.9 Å². The summed E-state index contributed by atoms with van der Waals surface area (Å²) >= 11 is 0. The second-order valence-electron chi connectivity index (χ2n) is 10.8. The molecule has 2 amide bonds. The number of nitrogens with zero attached hydrogens (tertiary/aromatic N) is 5. The first-order valence-corrected chi connectivity index (χ1v) is 15.9. The van der Waals surface area contributed by atoms with Crippen LogP contribution in [0.15, 0.2) is 71.8 Å². The molecular weight excluding hydrogens is 552 g/mol. The molecule has 11 heteroatoms. The van der Waals surface area contributed by atoms with Crippen LogP contribution in [0.4, 0.5) is 5.69 Å². The quantitative estimate of drug-likeness (QED) is 0.448. The molecular formula is C31H34N6O4S. The van der Waals surface area contributed by atoms with Crippen LogP contribution in [0.3, 0.4) is 0 Å². The lowest BCUT2D eigenvalue weighted by Crippen LogP contribution is -2.48. The molecule has 218 valence electrons. The minimum Gasteiger partial charge on any atom is -0.368 e. The van der Waals surface area contributed by atoms with Gasteiger partial charge in [0.1, 0.15) is 5.69 Å². The fourth-order valence-corrected chi connectivity index (χ4v) is 5.98. The number of piperidine rings is 1. The lowest BCUT2D eigenvalue weighted by Gasteiger charge is -2.36. The van der Waals surface area contributed by atoms with Crippen LogP contribution >= 0.6 is 0 Å². The number of amides is 2. The van der Waals surface area contributed by atoms with Crippen molar-refractivity contribution in [1.82, 2.24) is 20.1 Å². The van der Waals surface area contributed by atoms with Crippen LogP contribution in [0.1, 0.15) is 44.8 Å². The van der Waals surface area contributed by atoms with Gasteiger partial charge in [-0.2, -0.15) is 5.26 Å². The van der Waals surface area contributed by atoms with E-state index < -0.39 is 9.84 Å². The Bertz CT molecular complexity index is 1550. The number of carbonyl (C=O) groups excluding carboxylic acids is 2. The van der Waals surface area contributed by atoms with Gasteiger partial charge < -0.3 is 15.1 Å². The summed E-state index contributed by atoms with van der Waals surface area (Å²) in [5.41, 5.74) is 3.46. The zero-order valence-corrected chi connectivity index (χ0v) is 24.4. The number of aromatic nitrogens is 1. The number of anilines is 1. The van der Waals surface area contributed by atoms with E-state index in [1.54, 1.807) is 41.3 Å². The highest BCUT2D eigenvalue weighted by atomic mass is 32.2. The largest absolute Gasteiger partial charge is 0.368 e. The molecule has 0 spiro atoms. The normalized spacial score (nSPS) is 16.6. The molecule has 0 saturated carbocycles. The van der Waals surface area contributed by atoms with Crippen molar-refractivity contribution < 1.29 is 18.0 Å². The molecule has 2 saturated heterocycles. The summed E-state index contributed by atoms with van der Waals surface area (Å²) < 4.78 is 23.4. The molecule has 2 aromatic carbocycles. The summed E-state index contributed by atoms with van der Waals surface area (Å²) in [6, 6.07) is 19.9. The van der Waals surface area contributed by atoms with E-state index in [1.165, 1.54) is 18.0 Å². The molecule has 0 bridgehead atoms. The number of hydrogen-bond donors (Lipinski definition) is 1. The number of likely N-dealkylation sites (tertiary alicyclic amines) is 1. The molecule has 2 aliphatic heterocycles. The average Bonchev–Trinajstić information content (AvgIpc) is 3.02. The molecule has 10 nitrogen and oxygen atoms in total. The smallest absolute Gasteiger partial charge is 0.270 e. The van der Waals surface area contributed by atoms with Crippen molar-refractivity contribution in [3.05, 3.63) is 89.2 Å². The van der Waals surface area contributed by atoms with Gasteiger partial charge in [-0.1, -0.05) is 12.1 Å². The molecule has 0 atom stereocenters. The number of nitriles is 1. The van der Waals surface area contributed by atoms with Crippen molar-refractivity contribution in [3.8, 4) is 6.07 Å². The predicted molar refractivity (Wildman–Crippen MR) is 159 cm³/mol. The summed E-state index contributed by atoms with van der Waals surface area (Å²) in [5, 5.41) is 12.0. The van der Waals surface area contributed by atoms with Crippen molar-refractivity contribution in [3.63, 3.8) is 0 Å².